The monoisotopic (exact) mass is 352 g/mol. The van der Waals surface area contributed by atoms with E-state index < -0.39 is 0 Å². The van der Waals surface area contributed by atoms with Gasteiger partial charge in [0.05, 0.1) is 19.2 Å². The zero-order valence-corrected chi connectivity index (χ0v) is 15.7. The van der Waals surface area contributed by atoms with Crippen LogP contribution < -0.4 is 10.1 Å². The van der Waals surface area contributed by atoms with Crippen LogP contribution in [0.25, 0.3) is 0 Å². The maximum absolute atomic E-state index is 12.5. The molecule has 2 atom stereocenters. The van der Waals surface area contributed by atoms with E-state index in [2.05, 4.69) is 22.3 Å². The van der Waals surface area contributed by atoms with Crippen molar-refractivity contribution in [2.45, 2.75) is 38.8 Å². The molecule has 0 unspecified atom stereocenters. The molecule has 0 aliphatic carbocycles. The first kappa shape index (κ1) is 18.5. The molecule has 26 heavy (non-hydrogen) atoms. The normalized spacial score (nSPS) is 18.5. The molecular formula is C22H28N2O2. The van der Waals surface area contributed by atoms with E-state index in [4.69, 9.17) is 4.74 Å². The minimum Gasteiger partial charge on any atom is -0.494 e. The average Bonchev–Trinajstić information content (AvgIpc) is 3.11. The third-order valence-electron chi connectivity index (χ3n) is 4.96. The van der Waals surface area contributed by atoms with E-state index in [0.29, 0.717) is 19.2 Å². The van der Waals surface area contributed by atoms with Gasteiger partial charge in [0.25, 0.3) is 0 Å². The Morgan fingerprint density at radius 3 is 2.62 bits per heavy atom. The highest BCUT2D eigenvalue weighted by molar-refractivity contribution is 5.78. The molecule has 2 aromatic rings. The molecule has 2 aromatic carbocycles. The summed E-state index contributed by atoms with van der Waals surface area (Å²) in [6, 6.07) is 18.7. The smallest absolute Gasteiger partial charge is 0.234 e. The first-order valence-corrected chi connectivity index (χ1v) is 9.48. The number of carbonyl (C=O) groups is 1. The summed E-state index contributed by atoms with van der Waals surface area (Å²) in [6.45, 7) is 6.09. The standard InChI is InChI=1S/C22H28N2O2/c1-3-26-20-13-11-19(12-14-20)21-10-7-15-24(21)16-22(25)23-17(2)18-8-5-4-6-9-18/h4-6,8-9,11-14,17,21H,3,7,10,15-16H2,1-2H3,(H,23,25)/t17-,21+/m0/s1. The quantitative estimate of drug-likeness (QED) is 0.816. The Kier molecular flexibility index (Phi) is 6.29. The van der Waals surface area contributed by atoms with E-state index in [1.807, 2.05) is 56.3 Å². The van der Waals surface area contributed by atoms with Crippen molar-refractivity contribution < 1.29 is 9.53 Å². The third-order valence-corrected chi connectivity index (χ3v) is 4.96. The average molecular weight is 352 g/mol. The molecule has 1 N–H and O–H groups in total. The van der Waals surface area contributed by atoms with E-state index in [9.17, 15) is 4.79 Å². The number of benzene rings is 2. The van der Waals surface area contributed by atoms with Crippen LogP contribution in [0.1, 0.15) is 49.9 Å². The maximum atomic E-state index is 12.5. The molecule has 1 fully saturated rings. The number of hydrogen-bond donors (Lipinski definition) is 1. The van der Waals surface area contributed by atoms with Gasteiger partial charge in [-0.3, -0.25) is 9.69 Å². The predicted molar refractivity (Wildman–Crippen MR) is 104 cm³/mol. The summed E-state index contributed by atoms with van der Waals surface area (Å²) in [5, 5.41) is 3.12. The fraction of sp³-hybridized carbons (Fsp3) is 0.409. The Hall–Kier alpha value is -2.33. The summed E-state index contributed by atoms with van der Waals surface area (Å²) in [6.07, 6.45) is 2.22. The van der Waals surface area contributed by atoms with Crippen LogP contribution in [0.3, 0.4) is 0 Å². The van der Waals surface area contributed by atoms with Crippen molar-refractivity contribution >= 4 is 5.91 Å². The lowest BCUT2D eigenvalue weighted by molar-refractivity contribution is -0.123. The second kappa shape index (κ2) is 8.86. The molecule has 0 spiro atoms. The van der Waals surface area contributed by atoms with Gasteiger partial charge in [-0.25, -0.2) is 0 Å². The first-order chi connectivity index (χ1) is 12.7. The van der Waals surface area contributed by atoms with Crippen LogP contribution in [0.4, 0.5) is 0 Å². The van der Waals surface area contributed by atoms with Gasteiger partial charge < -0.3 is 10.1 Å². The number of nitrogens with zero attached hydrogens (tertiary/aromatic N) is 1. The SMILES string of the molecule is CCOc1ccc([C@H]2CCCN2CC(=O)N[C@@H](C)c2ccccc2)cc1. The molecular weight excluding hydrogens is 324 g/mol. The Balaban J connectivity index is 1.58. The molecule has 4 nitrogen and oxygen atoms in total. The number of nitrogens with one attached hydrogen (secondary N) is 1. The zero-order chi connectivity index (χ0) is 18.4. The lowest BCUT2D eigenvalue weighted by Gasteiger charge is -2.25. The molecule has 0 saturated carbocycles. The van der Waals surface area contributed by atoms with Crippen molar-refractivity contribution in [1.29, 1.82) is 0 Å². The van der Waals surface area contributed by atoms with Gasteiger partial charge in [-0.05, 0) is 56.5 Å². The van der Waals surface area contributed by atoms with Crippen molar-refractivity contribution in [2.75, 3.05) is 19.7 Å². The minimum absolute atomic E-state index is 0.0234. The van der Waals surface area contributed by atoms with Crippen molar-refractivity contribution in [3.63, 3.8) is 0 Å². The summed E-state index contributed by atoms with van der Waals surface area (Å²) in [5.74, 6) is 0.981. The molecule has 3 rings (SSSR count). The van der Waals surface area contributed by atoms with Gasteiger partial charge in [-0.1, -0.05) is 42.5 Å². The molecule has 138 valence electrons. The van der Waals surface area contributed by atoms with Crippen LogP contribution in [0, 0.1) is 0 Å². The minimum atomic E-state index is 0.0234. The second-order valence-electron chi connectivity index (χ2n) is 6.83. The van der Waals surface area contributed by atoms with Crippen LogP contribution in [-0.4, -0.2) is 30.5 Å². The molecule has 4 heteroatoms. The Bertz CT molecular complexity index is 700. The largest absolute Gasteiger partial charge is 0.494 e. The molecule has 1 aliphatic heterocycles. The highest BCUT2D eigenvalue weighted by atomic mass is 16.5. The van der Waals surface area contributed by atoms with Crippen molar-refractivity contribution in [1.82, 2.24) is 10.2 Å². The van der Waals surface area contributed by atoms with E-state index in [0.717, 1.165) is 30.7 Å². The molecule has 0 aromatic heterocycles. The third kappa shape index (κ3) is 4.64. The number of amides is 1. The Morgan fingerprint density at radius 2 is 1.92 bits per heavy atom. The number of hydrogen-bond acceptors (Lipinski definition) is 3. The molecule has 0 bridgehead atoms. The van der Waals surface area contributed by atoms with Gasteiger partial charge in [0.2, 0.25) is 5.91 Å². The van der Waals surface area contributed by atoms with Gasteiger partial charge in [-0.2, -0.15) is 0 Å². The highest BCUT2D eigenvalue weighted by Gasteiger charge is 2.27. The topological polar surface area (TPSA) is 41.6 Å². The number of carbonyl (C=O) groups excluding carboxylic acids is 1. The summed E-state index contributed by atoms with van der Waals surface area (Å²) >= 11 is 0. The van der Waals surface area contributed by atoms with E-state index in [1.54, 1.807) is 0 Å². The number of ether oxygens (including phenoxy) is 1. The highest BCUT2D eigenvalue weighted by Crippen LogP contribution is 2.32. The van der Waals surface area contributed by atoms with Crippen molar-refractivity contribution in [3.8, 4) is 5.75 Å². The lowest BCUT2D eigenvalue weighted by Crippen LogP contribution is -2.38. The van der Waals surface area contributed by atoms with Gasteiger partial charge in [0, 0.05) is 6.04 Å². The van der Waals surface area contributed by atoms with Crippen molar-refractivity contribution in [3.05, 3.63) is 65.7 Å². The van der Waals surface area contributed by atoms with E-state index in [-0.39, 0.29) is 11.9 Å². The molecule has 1 heterocycles. The van der Waals surface area contributed by atoms with Crippen LogP contribution in [0.15, 0.2) is 54.6 Å². The number of likely N-dealkylation sites (tertiary alicyclic amines) is 1. The second-order valence-corrected chi connectivity index (χ2v) is 6.83. The molecule has 1 aliphatic rings. The van der Waals surface area contributed by atoms with Crippen LogP contribution >= 0.6 is 0 Å². The zero-order valence-electron chi connectivity index (χ0n) is 15.7. The van der Waals surface area contributed by atoms with Gasteiger partial charge in [0.1, 0.15) is 5.75 Å². The van der Waals surface area contributed by atoms with Crippen LogP contribution in [0.2, 0.25) is 0 Å². The molecule has 1 amide bonds. The summed E-state index contributed by atoms with van der Waals surface area (Å²) < 4.78 is 5.52. The predicted octanol–water partition coefficient (Wildman–Crippen LogP) is 4.10. The molecule has 1 saturated heterocycles. The molecule has 0 radical (unpaired) electrons. The Morgan fingerprint density at radius 1 is 1.19 bits per heavy atom. The fourth-order valence-electron chi connectivity index (χ4n) is 3.64. The van der Waals surface area contributed by atoms with Gasteiger partial charge >= 0.3 is 0 Å². The van der Waals surface area contributed by atoms with Crippen LogP contribution in [-0.2, 0) is 4.79 Å². The van der Waals surface area contributed by atoms with Gasteiger partial charge in [0.15, 0.2) is 0 Å². The fourth-order valence-corrected chi connectivity index (χ4v) is 3.64. The summed E-state index contributed by atoms with van der Waals surface area (Å²) in [5.41, 5.74) is 2.39. The first-order valence-electron chi connectivity index (χ1n) is 9.48. The van der Waals surface area contributed by atoms with Crippen LogP contribution in [0.5, 0.6) is 5.75 Å². The number of rotatable bonds is 7. The van der Waals surface area contributed by atoms with E-state index >= 15 is 0 Å². The van der Waals surface area contributed by atoms with Gasteiger partial charge in [-0.15, -0.1) is 0 Å². The summed E-state index contributed by atoms with van der Waals surface area (Å²) in [7, 11) is 0. The van der Waals surface area contributed by atoms with E-state index in [1.165, 1.54) is 5.56 Å². The van der Waals surface area contributed by atoms with Crippen molar-refractivity contribution in [2.24, 2.45) is 0 Å². The maximum Gasteiger partial charge on any atom is 0.234 e. The lowest BCUT2D eigenvalue weighted by atomic mass is 10.0. The summed E-state index contributed by atoms with van der Waals surface area (Å²) in [4.78, 5) is 14.8. The Labute approximate surface area is 156 Å².